The van der Waals surface area contributed by atoms with E-state index in [1.165, 1.54) is 6.07 Å². The molecule has 2 rings (SSSR count). The van der Waals surface area contributed by atoms with Crippen molar-refractivity contribution < 1.29 is 27.2 Å². The van der Waals surface area contributed by atoms with E-state index >= 15 is 0 Å². The summed E-state index contributed by atoms with van der Waals surface area (Å²) in [5, 5.41) is 11.8. The molecule has 2 aromatic rings. The van der Waals surface area contributed by atoms with Gasteiger partial charge in [-0.25, -0.2) is 17.6 Å². The second-order valence-corrected chi connectivity index (χ2v) is 5.63. The van der Waals surface area contributed by atoms with Crippen LogP contribution in [0.5, 0.6) is 0 Å². The van der Waals surface area contributed by atoms with Crippen molar-refractivity contribution in [2.75, 3.05) is 6.26 Å². The summed E-state index contributed by atoms with van der Waals surface area (Å²) >= 11 is 0. The summed E-state index contributed by atoms with van der Waals surface area (Å²) in [6.45, 7) is 0. The lowest BCUT2D eigenvalue weighted by molar-refractivity contribution is 0.0680. The molecule has 1 heterocycles. The first-order valence-corrected chi connectivity index (χ1v) is 6.75. The van der Waals surface area contributed by atoms with Crippen LogP contribution in [0.2, 0.25) is 0 Å². The van der Waals surface area contributed by atoms with Crippen LogP contribution in [0.3, 0.4) is 0 Å². The van der Waals surface area contributed by atoms with Crippen LogP contribution in [0.15, 0.2) is 27.6 Å². The number of carboxylic acids is 1. The van der Waals surface area contributed by atoms with Gasteiger partial charge in [-0.15, -0.1) is 0 Å². The number of aromatic nitrogens is 2. The van der Waals surface area contributed by atoms with Crippen molar-refractivity contribution in [3.63, 3.8) is 0 Å². The molecule has 0 bridgehead atoms. The maximum atomic E-state index is 13.6. The minimum absolute atomic E-state index is 0.0879. The van der Waals surface area contributed by atoms with Crippen molar-refractivity contribution in [3.05, 3.63) is 29.8 Å². The zero-order valence-corrected chi connectivity index (χ0v) is 10.3. The molecule has 1 aromatic carbocycles. The summed E-state index contributed by atoms with van der Waals surface area (Å²) in [6.07, 6.45) is 0.875. The average molecular weight is 286 g/mol. The Labute approximate surface area is 106 Å². The van der Waals surface area contributed by atoms with Crippen molar-refractivity contribution in [1.82, 2.24) is 10.1 Å². The summed E-state index contributed by atoms with van der Waals surface area (Å²) in [4.78, 5) is 13.6. The molecule has 0 saturated carbocycles. The fraction of sp³-hybridized carbons (Fsp3) is 0.100. The maximum Gasteiger partial charge on any atom is 0.377 e. The summed E-state index contributed by atoms with van der Waals surface area (Å²) < 4.78 is 40.7. The first-order chi connectivity index (χ1) is 8.79. The molecule has 100 valence electrons. The molecular weight excluding hydrogens is 279 g/mol. The highest BCUT2D eigenvalue weighted by molar-refractivity contribution is 7.90. The Kier molecular flexibility index (Phi) is 3.06. The third-order valence-corrected chi connectivity index (χ3v) is 3.33. The van der Waals surface area contributed by atoms with Crippen LogP contribution >= 0.6 is 0 Å². The van der Waals surface area contributed by atoms with Gasteiger partial charge in [0, 0.05) is 11.8 Å². The highest BCUT2D eigenvalue weighted by Crippen LogP contribution is 2.22. The Morgan fingerprint density at radius 1 is 1.42 bits per heavy atom. The third kappa shape index (κ3) is 2.60. The first kappa shape index (κ1) is 13.1. The van der Waals surface area contributed by atoms with Crippen LogP contribution in [0.25, 0.3) is 11.5 Å². The minimum atomic E-state index is -3.68. The van der Waals surface area contributed by atoms with E-state index in [-0.39, 0.29) is 11.5 Å². The van der Waals surface area contributed by atoms with Gasteiger partial charge in [-0.2, -0.15) is 4.98 Å². The number of sulfone groups is 1. The molecule has 0 atom stereocenters. The van der Waals surface area contributed by atoms with E-state index in [1.54, 1.807) is 0 Å². The lowest BCUT2D eigenvalue weighted by Gasteiger charge is -2.01. The van der Waals surface area contributed by atoms with Crippen LogP contribution in [0, 0.1) is 5.82 Å². The summed E-state index contributed by atoms with van der Waals surface area (Å²) in [7, 11) is -3.68. The van der Waals surface area contributed by atoms with E-state index in [4.69, 9.17) is 5.11 Å². The number of halogens is 1. The number of hydrogen-bond donors (Lipinski definition) is 1. The molecule has 1 N–H and O–H groups in total. The van der Waals surface area contributed by atoms with E-state index < -0.39 is 32.3 Å². The molecule has 0 aliphatic carbocycles. The van der Waals surface area contributed by atoms with Gasteiger partial charge in [-0.3, -0.25) is 0 Å². The number of rotatable bonds is 3. The largest absolute Gasteiger partial charge is 0.475 e. The van der Waals surface area contributed by atoms with Crippen LogP contribution < -0.4 is 0 Å². The number of carboxylic acid groups (broad SMARTS) is 1. The van der Waals surface area contributed by atoms with E-state index in [0.29, 0.717) is 0 Å². The molecule has 0 saturated heterocycles. The second kappa shape index (κ2) is 4.43. The fourth-order valence-corrected chi connectivity index (χ4v) is 2.09. The quantitative estimate of drug-likeness (QED) is 0.895. The Morgan fingerprint density at radius 3 is 2.58 bits per heavy atom. The number of hydrogen-bond acceptors (Lipinski definition) is 6. The van der Waals surface area contributed by atoms with Gasteiger partial charge in [0.15, 0.2) is 9.84 Å². The van der Waals surface area contributed by atoms with Crippen LogP contribution in [-0.2, 0) is 9.84 Å². The third-order valence-electron chi connectivity index (χ3n) is 2.20. The van der Waals surface area contributed by atoms with Gasteiger partial charge in [-0.05, 0) is 23.4 Å². The number of carbonyl (C=O) groups is 1. The average Bonchev–Trinajstić information content (AvgIpc) is 2.76. The molecule has 0 fully saturated rings. The smallest absolute Gasteiger partial charge is 0.377 e. The number of benzene rings is 1. The molecule has 0 spiro atoms. The molecule has 0 unspecified atom stereocenters. The summed E-state index contributed by atoms with van der Waals surface area (Å²) in [5.41, 5.74) is 0.0879. The Hall–Kier alpha value is -2.29. The van der Waals surface area contributed by atoms with Crippen molar-refractivity contribution >= 4 is 15.8 Å². The van der Waals surface area contributed by atoms with Crippen molar-refractivity contribution in [2.45, 2.75) is 4.90 Å². The van der Waals surface area contributed by atoms with Crippen LogP contribution in [0.4, 0.5) is 4.39 Å². The van der Waals surface area contributed by atoms with Gasteiger partial charge in [0.05, 0.1) is 0 Å². The van der Waals surface area contributed by atoms with E-state index in [0.717, 1.165) is 18.4 Å². The minimum Gasteiger partial charge on any atom is -0.475 e. The predicted molar refractivity (Wildman–Crippen MR) is 59.8 cm³/mol. The second-order valence-electron chi connectivity index (χ2n) is 3.65. The van der Waals surface area contributed by atoms with Crippen LogP contribution in [-0.4, -0.2) is 35.9 Å². The van der Waals surface area contributed by atoms with Crippen molar-refractivity contribution in [2.24, 2.45) is 0 Å². The summed E-state index contributed by atoms with van der Waals surface area (Å²) in [6, 6.07) is 3.18. The predicted octanol–water partition coefficient (Wildman–Crippen LogP) is 0.977. The zero-order valence-electron chi connectivity index (χ0n) is 9.49. The lowest BCUT2D eigenvalue weighted by atomic mass is 10.2. The van der Waals surface area contributed by atoms with Gasteiger partial charge in [0.25, 0.3) is 11.7 Å². The molecular formula is C10H7FN2O5S. The number of nitrogens with zero attached hydrogens (tertiary/aromatic N) is 2. The van der Waals surface area contributed by atoms with Gasteiger partial charge in [-0.1, -0.05) is 0 Å². The fourth-order valence-electron chi connectivity index (χ4n) is 1.36. The number of aromatic carboxylic acids is 1. The normalized spacial score (nSPS) is 11.5. The zero-order chi connectivity index (χ0) is 14.2. The SMILES string of the molecule is CS(=O)(=O)c1ccc(-c2nc(C(=O)O)no2)cc1F. The summed E-state index contributed by atoms with van der Waals surface area (Å²) in [5.74, 6) is -3.14. The molecule has 0 radical (unpaired) electrons. The molecule has 0 aliphatic heterocycles. The highest BCUT2D eigenvalue weighted by Gasteiger charge is 2.18. The molecule has 0 amide bonds. The maximum absolute atomic E-state index is 13.6. The van der Waals surface area contributed by atoms with E-state index in [1.807, 2.05) is 0 Å². The lowest BCUT2D eigenvalue weighted by Crippen LogP contribution is -2.01. The Balaban J connectivity index is 2.47. The van der Waals surface area contributed by atoms with Gasteiger partial charge >= 0.3 is 5.97 Å². The monoisotopic (exact) mass is 286 g/mol. The molecule has 19 heavy (non-hydrogen) atoms. The highest BCUT2D eigenvalue weighted by atomic mass is 32.2. The van der Waals surface area contributed by atoms with Crippen LogP contribution in [0.1, 0.15) is 10.6 Å². The molecule has 1 aromatic heterocycles. The van der Waals surface area contributed by atoms with Crippen molar-refractivity contribution in [1.29, 1.82) is 0 Å². The standard InChI is InChI=1S/C10H7FN2O5S/c1-19(16,17)7-3-2-5(4-6(7)11)9-12-8(10(14)15)13-18-9/h2-4H,1H3,(H,14,15). The first-order valence-electron chi connectivity index (χ1n) is 4.86. The van der Waals surface area contributed by atoms with Gasteiger partial charge in [0.2, 0.25) is 0 Å². The molecule has 7 nitrogen and oxygen atoms in total. The molecule has 0 aliphatic rings. The Morgan fingerprint density at radius 2 is 2.11 bits per heavy atom. The van der Waals surface area contributed by atoms with Gasteiger partial charge < -0.3 is 9.63 Å². The van der Waals surface area contributed by atoms with Crippen molar-refractivity contribution in [3.8, 4) is 11.5 Å². The van der Waals surface area contributed by atoms with E-state index in [2.05, 4.69) is 14.7 Å². The Bertz CT molecular complexity index is 753. The van der Waals surface area contributed by atoms with Gasteiger partial charge in [0.1, 0.15) is 10.7 Å². The van der Waals surface area contributed by atoms with E-state index in [9.17, 15) is 17.6 Å². The topological polar surface area (TPSA) is 110 Å². The molecule has 9 heteroatoms.